The Balaban J connectivity index is 1.27. The van der Waals surface area contributed by atoms with E-state index < -0.39 is 0 Å². The van der Waals surface area contributed by atoms with Crippen molar-refractivity contribution in [2.24, 2.45) is 0 Å². The first-order chi connectivity index (χ1) is 19.3. The van der Waals surface area contributed by atoms with Crippen molar-refractivity contribution >= 4 is 55.0 Å². The van der Waals surface area contributed by atoms with E-state index in [1.165, 1.54) is 43.7 Å². The molecule has 3 heteroatoms. The number of hydrogen-bond donors (Lipinski definition) is 2. The van der Waals surface area contributed by atoms with E-state index >= 15 is 0 Å². The highest BCUT2D eigenvalue weighted by Gasteiger charge is 2.14. The number of nitrogens with one attached hydrogen (secondary N) is 2. The minimum Gasteiger partial charge on any atom is -0.355 e. The Bertz CT molecular complexity index is 2090. The van der Waals surface area contributed by atoms with Gasteiger partial charge in [-0.05, 0) is 60.2 Å². The smallest absolute Gasteiger partial charge is 0.0541 e. The van der Waals surface area contributed by atoms with Crippen LogP contribution in [0.15, 0.2) is 140 Å². The Labute approximate surface area is 226 Å². The van der Waals surface area contributed by atoms with E-state index in [0.29, 0.717) is 0 Å². The predicted molar refractivity (Wildman–Crippen MR) is 165 cm³/mol. The van der Waals surface area contributed by atoms with E-state index in [1.54, 1.807) is 0 Å². The molecular formula is C36H25N3. The highest BCUT2D eigenvalue weighted by Crippen LogP contribution is 2.36. The fourth-order valence-corrected chi connectivity index (χ4v) is 5.92. The zero-order valence-corrected chi connectivity index (χ0v) is 21.2. The van der Waals surface area contributed by atoms with Crippen LogP contribution in [0.4, 0.5) is 11.4 Å². The molecule has 0 saturated carbocycles. The lowest BCUT2D eigenvalue weighted by atomic mass is 10.0. The highest BCUT2D eigenvalue weighted by atomic mass is 15.0. The van der Waals surface area contributed by atoms with Crippen LogP contribution in [0.3, 0.4) is 0 Å². The van der Waals surface area contributed by atoms with Crippen LogP contribution in [0.5, 0.6) is 0 Å². The zero-order valence-electron chi connectivity index (χ0n) is 21.2. The molecule has 2 aromatic heterocycles. The maximum Gasteiger partial charge on any atom is 0.0541 e. The van der Waals surface area contributed by atoms with Crippen LogP contribution in [0, 0.1) is 0 Å². The van der Waals surface area contributed by atoms with Gasteiger partial charge in [-0.2, -0.15) is 0 Å². The van der Waals surface area contributed by atoms with Crippen LogP contribution in [0.25, 0.3) is 60.4 Å². The normalized spacial score (nSPS) is 11.6. The minimum absolute atomic E-state index is 1.06. The standard InChI is InChI=1S/C36H25N3/c1-2-10-24(11-3-1)27-12-4-7-15-32(27)37-25-18-20-33-30(22-25)31-23-26(19-21-34(31)38-33)39-35-16-8-5-13-28(35)29-14-6-9-17-36(29)39/h1-23,37-38H. The van der Waals surface area contributed by atoms with Crippen molar-refractivity contribution in [1.29, 1.82) is 0 Å². The molecule has 2 N–H and O–H groups in total. The minimum atomic E-state index is 1.06. The number of para-hydroxylation sites is 3. The average Bonchev–Trinajstić information content (AvgIpc) is 3.53. The van der Waals surface area contributed by atoms with E-state index in [2.05, 4.69) is 154 Å². The van der Waals surface area contributed by atoms with E-state index in [1.807, 2.05) is 0 Å². The number of aromatic amines is 1. The number of H-pyrrole nitrogens is 1. The fraction of sp³-hybridized carbons (Fsp3) is 0. The second-order valence-corrected chi connectivity index (χ2v) is 10.0. The molecule has 0 saturated heterocycles. The summed E-state index contributed by atoms with van der Waals surface area (Å²) in [4.78, 5) is 3.62. The van der Waals surface area contributed by atoms with Crippen LogP contribution >= 0.6 is 0 Å². The van der Waals surface area contributed by atoms with Crippen LogP contribution < -0.4 is 5.32 Å². The summed E-state index contributed by atoms with van der Waals surface area (Å²) in [6.07, 6.45) is 0. The lowest BCUT2D eigenvalue weighted by Crippen LogP contribution is -1.93. The first-order valence-corrected chi connectivity index (χ1v) is 13.3. The Morgan fingerprint density at radius 3 is 1.87 bits per heavy atom. The number of benzene rings is 6. The molecule has 2 heterocycles. The fourth-order valence-electron chi connectivity index (χ4n) is 5.92. The lowest BCUT2D eigenvalue weighted by Gasteiger charge is -2.12. The van der Waals surface area contributed by atoms with Crippen molar-refractivity contribution in [2.45, 2.75) is 0 Å². The van der Waals surface area contributed by atoms with Gasteiger partial charge in [-0.1, -0.05) is 84.9 Å². The highest BCUT2D eigenvalue weighted by molar-refractivity contribution is 6.11. The van der Waals surface area contributed by atoms with Crippen LogP contribution in [0.1, 0.15) is 0 Å². The quantitative estimate of drug-likeness (QED) is 0.248. The maximum absolute atomic E-state index is 3.69. The summed E-state index contributed by atoms with van der Waals surface area (Å²) in [7, 11) is 0. The van der Waals surface area contributed by atoms with Crippen LogP contribution in [-0.2, 0) is 0 Å². The maximum atomic E-state index is 3.69. The Hall–Kier alpha value is -5.28. The van der Waals surface area contributed by atoms with Gasteiger partial charge >= 0.3 is 0 Å². The van der Waals surface area contributed by atoms with E-state index in [9.17, 15) is 0 Å². The van der Waals surface area contributed by atoms with E-state index in [4.69, 9.17) is 0 Å². The first-order valence-electron chi connectivity index (χ1n) is 13.3. The summed E-state index contributed by atoms with van der Waals surface area (Å²) in [6, 6.07) is 49.6. The molecule has 0 aliphatic rings. The number of hydrogen-bond acceptors (Lipinski definition) is 1. The third-order valence-corrected chi connectivity index (χ3v) is 7.71. The van der Waals surface area contributed by atoms with Crippen molar-refractivity contribution in [2.75, 3.05) is 5.32 Å². The van der Waals surface area contributed by atoms with Crippen molar-refractivity contribution in [3.8, 4) is 16.8 Å². The molecule has 0 aliphatic heterocycles. The number of fused-ring (bicyclic) bond motifs is 6. The molecule has 6 aromatic carbocycles. The van der Waals surface area contributed by atoms with Gasteiger partial charge in [0.25, 0.3) is 0 Å². The molecular weight excluding hydrogens is 474 g/mol. The molecule has 0 amide bonds. The Morgan fingerprint density at radius 1 is 0.487 bits per heavy atom. The van der Waals surface area contributed by atoms with Gasteiger partial charge in [0, 0.05) is 55.2 Å². The van der Waals surface area contributed by atoms with Gasteiger partial charge in [-0.15, -0.1) is 0 Å². The number of aromatic nitrogens is 2. The van der Waals surface area contributed by atoms with Crippen LogP contribution in [0.2, 0.25) is 0 Å². The monoisotopic (exact) mass is 499 g/mol. The van der Waals surface area contributed by atoms with Crippen molar-refractivity contribution in [3.05, 3.63) is 140 Å². The second kappa shape index (κ2) is 8.64. The number of rotatable bonds is 4. The molecule has 0 spiro atoms. The number of anilines is 2. The zero-order chi connectivity index (χ0) is 25.8. The molecule has 0 atom stereocenters. The van der Waals surface area contributed by atoms with Crippen molar-refractivity contribution < 1.29 is 0 Å². The summed E-state index contributed by atoms with van der Waals surface area (Å²) in [5.41, 5.74) is 10.4. The second-order valence-electron chi connectivity index (χ2n) is 10.0. The molecule has 0 bridgehead atoms. The number of nitrogens with zero attached hydrogens (tertiary/aromatic N) is 1. The lowest BCUT2D eigenvalue weighted by molar-refractivity contribution is 1.19. The summed E-state index contributed by atoms with van der Waals surface area (Å²) in [5, 5.41) is 8.65. The first kappa shape index (κ1) is 21.8. The van der Waals surface area contributed by atoms with Gasteiger partial charge in [0.1, 0.15) is 0 Å². The van der Waals surface area contributed by atoms with E-state index in [-0.39, 0.29) is 0 Å². The van der Waals surface area contributed by atoms with Gasteiger partial charge in [0.15, 0.2) is 0 Å². The van der Waals surface area contributed by atoms with Gasteiger partial charge in [0.05, 0.1) is 11.0 Å². The van der Waals surface area contributed by atoms with Gasteiger partial charge in [-0.3, -0.25) is 0 Å². The average molecular weight is 500 g/mol. The third kappa shape index (κ3) is 3.52. The molecule has 0 unspecified atom stereocenters. The third-order valence-electron chi connectivity index (χ3n) is 7.71. The summed E-state index contributed by atoms with van der Waals surface area (Å²) in [6.45, 7) is 0. The topological polar surface area (TPSA) is 32.8 Å². The largest absolute Gasteiger partial charge is 0.355 e. The molecule has 3 nitrogen and oxygen atoms in total. The van der Waals surface area contributed by atoms with Crippen LogP contribution in [-0.4, -0.2) is 9.55 Å². The van der Waals surface area contributed by atoms with E-state index in [0.717, 1.165) is 28.1 Å². The molecule has 0 fully saturated rings. The predicted octanol–water partition coefficient (Wildman–Crippen LogP) is 9.83. The van der Waals surface area contributed by atoms with Crippen molar-refractivity contribution in [3.63, 3.8) is 0 Å². The van der Waals surface area contributed by atoms with Gasteiger partial charge in [-0.25, -0.2) is 0 Å². The molecule has 0 radical (unpaired) electrons. The SMILES string of the molecule is c1ccc(-c2ccccc2Nc2ccc3[nH]c4ccc(-n5c6ccccc6c6ccccc65)cc4c3c2)cc1. The molecule has 184 valence electrons. The molecule has 8 rings (SSSR count). The Kier molecular flexibility index (Phi) is 4.82. The van der Waals surface area contributed by atoms with Gasteiger partial charge in [0.2, 0.25) is 0 Å². The molecule has 0 aliphatic carbocycles. The summed E-state index contributed by atoms with van der Waals surface area (Å²) < 4.78 is 2.38. The molecule has 39 heavy (non-hydrogen) atoms. The Morgan fingerprint density at radius 2 is 1.10 bits per heavy atom. The van der Waals surface area contributed by atoms with Gasteiger partial charge < -0.3 is 14.9 Å². The summed E-state index contributed by atoms with van der Waals surface area (Å²) in [5.74, 6) is 0. The molecule has 8 aromatic rings. The summed E-state index contributed by atoms with van der Waals surface area (Å²) >= 11 is 0. The van der Waals surface area contributed by atoms with Crippen molar-refractivity contribution in [1.82, 2.24) is 9.55 Å².